The SMILES string of the molecule is CCN(c1ccc(F)cc1)C1COc2cc(O)ccc21. The van der Waals surface area contributed by atoms with Gasteiger partial charge in [-0.25, -0.2) is 4.39 Å². The third-order valence-electron chi connectivity index (χ3n) is 3.63. The number of fused-ring (bicyclic) bond motifs is 1. The normalized spacial score (nSPS) is 16.6. The van der Waals surface area contributed by atoms with Crippen LogP contribution < -0.4 is 9.64 Å². The first-order chi connectivity index (χ1) is 9.69. The lowest BCUT2D eigenvalue weighted by atomic mass is 10.1. The van der Waals surface area contributed by atoms with Crippen LogP contribution in [0.15, 0.2) is 42.5 Å². The molecular formula is C16H16FNO2. The number of benzene rings is 2. The van der Waals surface area contributed by atoms with E-state index in [1.165, 1.54) is 12.1 Å². The predicted molar refractivity (Wildman–Crippen MR) is 75.8 cm³/mol. The summed E-state index contributed by atoms with van der Waals surface area (Å²) in [6, 6.07) is 11.7. The molecule has 0 spiro atoms. The molecule has 1 aliphatic heterocycles. The van der Waals surface area contributed by atoms with Gasteiger partial charge in [0.1, 0.15) is 23.9 Å². The second-order valence-corrected chi connectivity index (χ2v) is 4.81. The quantitative estimate of drug-likeness (QED) is 0.929. The second kappa shape index (κ2) is 5.04. The van der Waals surface area contributed by atoms with Crippen LogP contribution in [0.25, 0.3) is 0 Å². The molecule has 0 fully saturated rings. The fourth-order valence-electron chi connectivity index (χ4n) is 2.66. The zero-order valence-corrected chi connectivity index (χ0v) is 11.2. The van der Waals surface area contributed by atoms with Crippen molar-refractivity contribution >= 4 is 5.69 Å². The zero-order chi connectivity index (χ0) is 14.1. The molecule has 0 aromatic heterocycles. The smallest absolute Gasteiger partial charge is 0.128 e. The molecule has 2 aromatic rings. The molecule has 0 aliphatic carbocycles. The van der Waals surface area contributed by atoms with E-state index in [-0.39, 0.29) is 17.6 Å². The number of nitrogens with zero attached hydrogens (tertiary/aromatic N) is 1. The number of likely N-dealkylation sites (N-methyl/N-ethyl adjacent to an activating group) is 1. The predicted octanol–water partition coefficient (Wildman–Crippen LogP) is 3.49. The van der Waals surface area contributed by atoms with Crippen LogP contribution in [0.5, 0.6) is 11.5 Å². The van der Waals surface area contributed by atoms with Crippen LogP contribution in [0.1, 0.15) is 18.5 Å². The van der Waals surface area contributed by atoms with E-state index in [9.17, 15) is 9.50 Å². The molecule has 4 heteroatoms. The van der Waals surface area contributed by atoms with Crippen LogP contribution in [0.2, 0.25) is 0 Å². The van der Waals surface area contributed by atoms with Gasteiger partial charge in [0, 0.05) is 23.9 Å². The molecule has 20 heavy (non-hydrogen) atoms. The number of phenols is 1. The molecule has 104 valence electrons. The van der Waals surface area contributed by atoms with Crippen LogP contribution in [0, 0.1) is 5.82 Å². The fourth-order valence-corrected chi connectivity index (χ4v) is 2.66. The van der Waals surface area contributed by atoms with Crippen molar-refractivity contribution in [1.29, 1.82) is 0 Å². The van der Waals surface area contributed by atoms with Crippen molar-refractivity contribution in [3.63, 3.8) is 0 Å². The number of halogens is 1. The summed E-state index contributed by atoms with van der Waals surface area (Å²) in [4.78, 5) is 2.17. The zero-order valence-electron chi connectivity index (χ0n) is 11.2. The highest BCUT2D eigenvalue weighted by Crippen LogP contribution is 2.39. The van der Waals surface area contributed by atoms with Gasteiger partial charge in [-0.3, -0.25) is 0 Å². The molecule has 1 unspecified atom stereocenters. The molecule has 0 radical (unpaired) electrons. The van der Waals surface area contributed by atoms with Crippen LogP contribution in [-0.4, -0.2) is 18.3 Å². The minimum atomic E-state index is -0.238. The summed E-state index contributed by atoms with van der Waals surface area (Å²) in [5.74, 6) is 0.683. The van der Waals surface area contributed by atoms with E-state index >= 15 is 0 Å². The van der Waals surface area contributed by atoms with Crippen molar-refractivity contribution in [2.24, 2.45) is 0 Å². The van der Waals surface area contributed by atoms with Crippen molar-refractivity contribution in [1.82, 2.24) is 0 Å². The van der Waals surface area contributed by atoms with Crippen LogP contribution in [-0.2, 0) is 0 Å². The van der Waals surface area contributed by atoms with E-state index in [4.69, 9.17) is 4.74 Å². The molecule has 0 saturated heterocycles. The van der Waals surface area contributed by atoms with E-state index in [2.05, 4.69) is 11.8 Å². The van der Waals surface area contributed by atoms with E-state index in [0.29, 0.717) is 6.61 Å². The van der Waals surface area contributed by atoms with Gasteiger partial charge in [-0.05, 0) is 43.3 Å². The van der Waals surface area contributed by atoms with E-state index in [1.807, 2.05) is 6.07 Å². The molecule has 2 aromatic carbocycles. The van der Waals surface area contributed by atoms with Crippen LogP contribution in [0.4, 0.5) is 10.1 Å². The number of anilines is 1. The Balaban J connectivity index is 1.94. The van der Waals surface area contributed by atoms with Gasteiger partial charge in [-0.15, -0.1) is 0 Å². The van der Waals surface area contributed by atoms with Crippen LogP contribution >= 0.6 is 0 Å². The Morgan fingerprint density at radius 3 is 2.70 bits per heavy atom. The number of hydrogen-bond acceptors (Lipinski definition) is 3. The van der Waals surface area contributed by atoms with Crippen molar-refractivity contribution in [3.8, 4) is 11.5 Å². The molecule has 3 nitrogen and oxygen atoms in total. The molecule has 1 aliphatic rings. The Hall–Kier alpha value is -2.23. The van der Waals surface area contributed by atoms with Gasteiger partial charge in [0.25, 0.3) is 0 Å². The fraction of sp³-hybridized carbons (Fsp3) is 0.250. The van der Waals surface area contributed by atoms with Crippen LogP contribution in [0.3, 0.4) is 0 Å². The number of rotatable bonds is 3. The third-order valence-corrected chi connectivity index (χ3v) is 3.63. The summed E-state index contributed by atoms with van der Waals surface area (Å²) in [5.41, 5.74) is 2.01. The summed E-state index contributed by atoms with van der Waals surface area (Å²) in [6.07, 6.45) is 0. The minimum absolute atomic E-state index is 0.0843. The van der Waals surface area contributed by atoms with Gasteiger partial charge in [0.15, 0.2) is 0 Å². The summed E-state index contributed by atoms with van der Waals surface area (Å²) in [5, 5.41) is 9.49. The number of hydrogen-bond donors (Lipinski definition) is 1. The Labute approximate surface area is 117 Å². The van der Waals surface area contributed by atoms with Gasteiger partial charge in [0.05, 0.1) is 6.04 Å². The standard InChI is InChI=1S/C16H16FNO2/c1-2-18(12-5-3-11(17)4-6-12)15-10-20-16-9-13(19)7-8-14(15)16/h3-9,15,19H,2,10H2,1H3. The number of phenolic OH excluding ortho intramolecular Hbond substituents is 1. The molecule has 0 saturated carbocycles. The third kappa shape index (κ3) is 2.18. The van der Waals surface area contributed by atoms with Crippen molar-refractivity contribution in [3.05, 3.63) is 53.8 Å². The molecule has 3 rings (SSSR count). The lowest BCUT2D eigenvalue weighted by Gasteiger charge is -2.29. The van der Waals surface area contributed by atoms with Crippen molar-refractivity contribution in [2.45, 2.75) is 13.0 Å². The molecule has 0 bridgehead atoms. The van der Waals surface area contributed by atoms with Gasteiger partial charge in [-0.1, -0.05) is 0 Å². The van der Waals surface area contributed by atoms with Gasteiger partial charge in [0.2, 0.25) is 0 Å². The Bertz CT molecular complexity index is 612. The topological polar surface area (TPSA) is 32.7 Å². The van der Waals surface area contributed by atoms with Crippen molar-refractivity contribution in [2.75, 3.05) is 18.1 Å². The number of ether oxygens (including phenoxy) is 1. The van der Waals surface area contributed by atoms with Crippen molar-refractivity contribution < 1.29 is 14.2 Å². The monoisotopic (exact) mass is 273 g/mol. The van der Waals surface area contributed by atoms with Gasteiger partial charge in [-0.2, -0.15) is 0 Å². The largest absolute Gasteiger partial charge is 0.508 e. The summed E-state index contributed by atoms with van der Waals surface area (Å²) >= 11 is 0. The first-order valence-electron chi connectivity index (χ1n) is 6.67. The highest BCUT2D eigenvalue weighted by Gasteiger charge is 2.29. The highest BCUT2D eigenvalue weighted by molar-refractivity contribution is 5.53. The molecule has 1 N–H and O–H groups in total. The highest BCUT2D eigenvalue weighted by atomic mass is 19.1. The Morgan fingerprint density at radius 2 is 2.00 bits per heavy atom. The van der Waals surface area contributed by atoms with Gasteiger partial charge >= 0.3 is 0 Å². The molecular weight excluding hydrogens is 257 g/mol. The maximum absolute atomic E-state index is 13.0. The maximum atomic E-state index is 13.0. The number of aromatic hydroxyl groups is 1. The average Bonchev–Trinajstić information content (AvgIpc) is 2.85. The maximum Gasteiger partial charge on any atom is 0.128 e. The molecule has 0 amide bonds. The van der Waals surface area contributed by atoms with E-state index < -0.39 is 0 Å². The minimum Gasteiger partial charge on any atom is -0.508 e. The first-order valence-corrected chi connectivity index (χ1v) is 6.67. The lowest BCUT2D eigenvalue weighted by molar-refractivity contribution is 0.326. The van der Waals surface area contributed by atoms with E-state index in [1.54, 1.807) is 24.3 Å². The lowest BCUT2D eigenvalue weighted by Crippen LogP contribution is -2.29. The van der Waals surface area contributed by atoms with Gasteiger partial charge < -0.3 is 14.7 Å². The Kier molecular flexibility index (Phi) is 3.22. The molecule has 1 atom stereocenters. The first kappa shape index (κ1) is 12.8. The summed E-state index contributed by atoms with van der Waals surface area (Å²) in [6.45, 7) is 3.38. The summed E-state index contributed by atoms with van der Waals surface area (Å²) in [7, 11) is 0. The average molecular weight is 273 g/mol. The second-order valence-electron chi connectivity index (χ2n) is 4.81. The van der Waals surface area contributed by atoms with E-state index in [0.717, 1.165) is 23.5 Å². The summed E-state index contributed by atoms with van der Waals surface area (Å²) < 4.78 is 18.7. The molecule has 1 heterocycles. The Morgan fingerprint density at radius 1 is 1.25 bits per heavy atom.